The Kier molecular flexibility index (Phi) is 19.5. The molecule has 2 aromatic heterocycles. The lowest BCUT2D eigenvalue weighted by molar-refractivity contribution is -0.158. The van der Waals surface area contributed by atoms with Crippen LogP contribution in [0.25, 0.3) is 0 Å². The van der Waals surface area contributed by atoms with Crippen LogP contribution in [0.4, 0.5) is 0 Å². The Bertz CT molecular complexity index is 2730. The second-order valence-corrected chi connectivity index (χ2v) is 19.8. The molecule has 0 saturated heterocycles. The average Bonchev–Trinajstić information content (AvgIpc) is 4.09. The number of hydrogen-bond donors (Lipinski definition) is 8. The topological polar surface area (TPSA) is 285 Å². The zero-order valence-corrected chi connectivity index (χ0v) is 43.2. The molecule has 6 amide bonds. The summed E-state index contributed by atoms with van der Waals surface area (Å²) in [6.07, 6.45) is 2.55. The van der Waals surface area contributed by atoms with Crippen molar-refractivity contribution in [3.63, 3.8) is 0 Å². The van der Waals surface area contributed by atoms with Crippen LogP contribution in [0.1, 0.15) is 106 Å². The van der Waals surface area contributed by atoms with Crippen molar-refractivity contribution in [1.29, 1.82) is 0 Å². The summed E-state index contributed by atoms with van der Waals surface area (Å²) in [5, 5.41) is 16.2. The smallest absolute Gasteiger partial charge is 0.329 e. The Morgan fingerprint density at radius 3 is 0.987 bits per heavy atom. The summed E-state index contributed by atoms with van der Waals surface area (Å²) in [5.41, 5.74) is 0.0237. The lowest BCUT2D eigenvalue weighted by atomic mass is 10.0. The fourth-order valence-corrected chi connectivity index (χ4v) is 7.76. The maximum absolute atomic E-state index is 13.9. The van der Waals surface area contributed by atoms with E-state index in [9.17, 15) is 38.4 Å². The number of aromatic amines is 2. The highest BCUT2D eigenvalue weighted by Crippen LogP contribution is 2.16. The van der Waals surface area contributed by atoms with Crippen molar-refractivity contribution in [2.45, 2.75) is 103 Å². The first kappa shape index (κ1) is 56.4. The van der Waals surface area contributed by atoms with E-state index in [0.29, 0.717) is 11.1 Å². The van der Waals surface area contributed by atoms with Gasteiger partial charge in [0.2, 0.25) is 11.8 Å². The number of nitrogens with one attached hydrogen (secondary N) is 8. The van der Waals surface area contributed by atoms with E-state index < -0.39 is 82.8 Å². The number of aromatic nitrogens is 4. The van der Waals surface area contributed by atoms with Crippen LogP contribution in [0, 0.1) is 0 Å². The molecule has 0 fully saturated rings. The van der Waals surface area contributed by atoms with Crippen molar-refractivity contribution in [2.75, 3.05) is 13.1 Å². The van der Waals surface area contributed by atoms with E-state index >= 15 is 0 Å². The summed E-state index contributed by atoms with van der Waals surface area (Å²) in [4.78, 5) is 123. The molecule has 2 heterocycles. The fourth-order valence-electron chi connectivity index (χ4n) is 7.76. The van der Waals surface area contributed by atoms with Crippen molar-refractivity contribution in [1.82, 2.24) is 51.8 Å². The predicted molar refractivity (Wildman–Crippen MR) is 280 cm³/mol. The Balaban J connectivity index is 1.11. The maximum Gasteiger partial charge on any atom is 0.329 e. The van der Waals surface area contributed by atoms with Gasteiger partial charge < -0.3 is 51.3 Å². The Morgan fingerprint density at radius 2 is 0.697 bits per heavy atom. The fraction of sp³-hybridized carbons (Fsp3) is 0.321. The van der Waals surface area contributed by atoms with Crippen LogP contribution in [0.2, 0.25) is 0 Å². The number of benzene rings is 4. The van der Waals surface area contributed by atoms with Gasteiger partial charge in [-0.2, -0.15) is 0 Å². The number of imidazole rings is 2. The first-order valence-electron chi connectivity index (χ1n) is 24.7. The predicted octanol–water partition coefficient (Wildman–Crippen LogP) is 4.11. The van der Waals surface area contributed by atoms with E-state index in [0.717, 1.165) is 23.8 Å². The number of H-pyrrole nitrogens is 2. The minimum atomic E-state index is -1.19. The van der Waals surface area contributed by atoms with Gasteiger partial charge in [0.05, 0.1) is 12.7 Å². The molecule has 0 saturated carbocycles. The quantitative estimate of drug-likeness (QED) is 0.0333. The van der Waals surface area contributed by atoms with Crippen molar-refractivity contribution in [3.05, 3.63) is 179 Å². The van der Waals surface area contributed by atoms with Crippen LogP contribution >= 0.6 is 0 Å². The van der Waals surface area contributed by atoms with Crippen LogP contribution < -0.4 is 31.9 Å². The van der Waals surface area contributed by atoms with Crippen molar-refractivity contribution in [2.24, 2.45) is 0 Å². The van der Waals surface area contributed by atoms with Gasteiger partial charge >= 0.3 is 11.9 Å². The van der Waals surface area contributed by atoms with Crippen molar-refractivity contribution in [3.8, 4) is 0 Å². The first-order valence-corrected chi connectivity index (χ1v) is 24.7. The molecule has 20 heteroatoms. The number of ether oxygens (including phenoxy) is 2. The number of nitrogens with zero attached hydrogens (tertiary/aromatic N) is 2. The molecular weight excluding hydrogens is 973 g/mol. The SMILES string of the molecule is CC(C)(C)OC(=O)[C@H](Cc1ccccc1)NC(=O)c1nc[nH]c1C(=O)N[C@@H](Cc1ccccc1)C(=O)NCCNC(=O)[C@@H](Cc1ccccc1)NC(=O)c1[nH]cnc1C(=O)N[C@@H](Cc1ccccc1)C(=O)OC(C)(C)C. The van der Waals surface area contributed by atoms with Crippen LogP contribution in [0.3, 0.4) is 0 Å². The Morgan fingerprint density at radius 1 is 0.421 bits per heavy atom. The van der Waals surface area contributed by atoms with Gasteiger partial charge in [-0.3, -0.25) is 28.8 Å². The minimum absolute atomic E-state index is 0.0334. The van der Waals surface area contributed by atoms with Crippen LogP contribution in [-0.4, -0.2) is 116 Å². The van der Waals surface area contributed by atoms with Gasteiger partial charge in [-0.25, -0.2) is 19.6 Å². The number of carbonyl (C=O) groups excluding carboxylic acids is 8. The van der Waals surface area contributed by atoms with E-state index in [1.165, 1.54) is 0 Å². The minimum Gasteiger partial charge on any atom is -0.458 e. The molecule has 0 spiro atoms. The number of hydrogen-bond acceptors (Lipinski definition) is 12. The monoisotopic (exact) mass is 1040 g/mol. The number of amides is 6. The Labute approximate surface area is 440 Å². The summed E-state index contributed by atoms with van der Waals surface area (Å²) in [7, 11) is 0. The summed E-state index contributed by atoms with van der Waals surface area (Å²) >= 11 is 0. The van der Waals surface area contributed by atoms with Gasteiger partial charge in [0.1, 0.15) is 46.8 Å². The van der Waals surface area contributed by atoms with Crippen molar-refractivity contribution >= 4 is 47.4 Å². The summed E-state index contributed by atoms with van der Waals surface area (Å²) in [6.45, 7) is 10.00. The number of rotatable bonds is 23. The van der Waals surface area contributed by atoms with E-state index in [4.69, 9.17) is 9.47 Å². The summed E-state index contributed by atoms with van der Waals surface area (Å²) < 4.78 is 11.2. The third kappa shape index (κ3) is 17.3. The van der Waals surface area contributed by atoms with E-state index in [-0.39, 0.29) is 61.5 Å². The molecule has 0 unspecified atom stereocenters. The molecular formula is C56H64N10O10. The average molecular weight is 1040 g/mol. The lowest BCUT2D eigenvalue weighted by Crippen LogP contribution is -2.52. The molecule has 4 aromatic carbocycles. The van der Waals surface area contributed by atoms with Gasteiger partial charge in [-0.1, -0.05) is 121 Å². The zero-order chi connectivity index (χ0) is 54.8. The van der Waals surface area contributed by atoms with Crippen LogP contribution in [0.5, 0.6) is 0 Å². The summed E-state index contributed by atoms with van der Waals surface area (Å²) in [5.74, 6) is -5.96. The van der Waals surface area contributed by atoms with Gasteiger partial charge in [-0.15, -0.1) is 0 Å². The van der Waals surface area contributed by atoms with Gasteiger partial charge in [-0.05, 0) is 63.8 Å². The second-order valence-electron chi connectivity index (χ2n) is 19.8. The molecule has 0 radical (unpaired) electrons. The normalized spacial score (nSPS) is 12.9. The van der Waals surface area contributed by atoms with E-state index in [2.05, 4.69) is 51.8 Å². The molecule has 20 nitrogen and oxygen atoms in total. The second kappa shape index (κ2) is 26.3. The van der Waals surface area contributed by atoms with Crippen LogP contribution in [0.15, 0.2) is 134 Å². The third-order valence-electron chi connectivity index (χ3n) is 11.3. The van der Waals surface area contributed by atoms with Gasteiger partial charge in [0.15, 0.2) is 11.4 Å². The van der Waals surface area contributed by atoms with E-state index in [1.807, 2.05) is 12.1 Å². The molecule has 398 valence electrons. The molecule has 8 N–H and O–H groups in total. The highest BCUT2D eigenvalue weighted by atomic mass is 16.6. The van der Waals surface area contributed by atoms with Gasteiger partial charge in [0, 0.05) is 38.8 Å². The first-order chi connectivity index (χ1) is 36.2. The van der Waals surface area contributed by atoms with E-state index in [1.54, 1.807) is 151 Å². The molecule has 0 aliphatic heterocycles. The molecule has 76 heavy (non-hydrogen) atoms. The van der Waals surface area contributed by atoms with Gasteiger partial charge in [0.25, 0.3) is 23.6 Å². The molecule has 6 rings (SSSR count). The third-order valence-corrected chi connectivity index (χ3v) is 11.3. The van der Waals surface area contributed by atoms with Crippen molar-refractivity contribution < 1.29 is 47.8 Å². The summed E-state index contributed by atoms with van der Waals surface area (Å²) in [6, 6.07) is 31.2. The molecule has 4 atom stereocenters. The molecule has 0 aliphatic rings. The maximum atomic E-state index is 13.9. The molecule has 0 aliphatic carbocycles. The number of esters is 2. The Hall–Kier alpha value is -8.94. The highest BCUT2D eigenvalue weighted by Gasteiger charge is 2.33. The highest BCUT2D eigenvalue weighted by molar-refractivity contribution is 6.07. The van der Waals surface area contributed by atoms with Crippen LogP contribution in [-0.2, 0) is 54.3 Å². The zero-order valence-electron chi connectivity index (χ0n) is 43.2. The molecule has 0 bridgehead atoms. The molecule has 6 aromatic rings. The standard InChI is InChI=1S/C56H64N10O10/c1-55(2,3)75-53(73)41(31-37-23-15-9-16-24-37)65-51(71)45-43(59-33-61-45)49(69)63-39(29-35-19-11-7-12-20-35)47(67)57-27-28-58-48(68)40(30-36-21-13-8-14-22-36)64-50(70)44-46(62-34-60-44)52(72)66-42(54(74)76-56(4,5)6)32-38-25-17-10-18-26-38/h7-26,33-34,39-42H,27-32H2,1-6H3,(H,57,67)(H,58,68)(H,59,61)(H,60,62)(H,63,69)(H,64,70)(H,65,71)(H,66,72)/t39-,40+,41-,42-/m0/s1. The number of carbonyl (C=O) groups is 8. The lowest BCUT2D eigenvalue weighted by Gasteiger charge is -2.24. The largest absolute Gasteiger partial charge is 0.458 e.